The number of hydrogen-bond acceptors (Lipinski definition) is 6. The smallest absolute Gasteiger partial charge is 0.327 e. The SMILES string of the molecule is CCN1C(=O)N(Cc2ccccc2)C2(CCN(C(=O)c3cnc(C)nc3)CC2)C1=O.O=CO. The zero-order chi connectivity index (χ0) is 24.0. The maximum absolute atomic E-state index is 13.2. The summed E-state index contributed by atoms with van der Waals surface area (Å²) in [5.74, 6) is 0.302. The van der Waals surface area contributed by atoms with Gasteiger partial charge >= 0.3 is 6.03 Å². The third-order valence-electron chi connectivity index (χ3n) is 6.03. The molecule has 0 saturated carbocycles. The number of benzene rings is 1. The monoisotopic (exact) mass is 453 g/mol. The number of carboxylic acid groups (broad SMARTS) is 1. The van der Waals surface area contributed by atoms with Crippen LogP contribution in [0.2, 0.25) is 0 Å². The molecule has 3 heterocycles. The van der Waals surface area contributed by atoms with Gasteiger partial charge in [-0.25, -0.2) is 14.8 Å². The molecule has 2 aliphatic rings. The van der Waals surface area contributed by atoms with Crippen LogP contribution in [-0.2, 0) is 16.1 Å². The molecule has 2 fully saturated rings. The molecule has 2 aromatic rings. The standard InChI is InChI=1S/C22H25N5O3.CH2O2/c1-3-26-20(29)22(27(21(26)30)15-17-7-5-4-6-8-17)9-11-25(12-10-22)19(28)18-13-23-16(2)24-14-18;2-1-3/h4-8,13-14H,3,9-12,15H2,1-2H3;1H,(H,2,3). The number of nitrogens with zero attached hydrogens (tertiary/aromatic N) is 5. The molecular weight excluding hydrogens is 426 g/mol. The van der Waals surface area contributed by atoms with Gasteiger partial charge in [-0.3, -0.25) is 19.3 Å². The zero-order valence-electron chi connectivity index (χ0n) is 18.7. The van der Waals surface area contributed by atoms with Gasteiger partial charge in [-0.1, -0.05) is 30.3 Å². The Balaban J connectivity index is 0.000000968. The van der Waals surface area contributed by atoms with E-state index in [2.05, 4.69) is 9.97 Å². The van der Waals surface area contributed by atoms with Crippen molar-refractivity contribution in [3.63, 3.8) is 0 Å². The van der Waals surface area contributed by atoms with Crippen molar-refractivity contribution in [3.05, 3.63) is 59.7 Å². The van der Waals surface area contributed by atoms with Crippen LogP contribution in [0.25, 0.3) is 0 Å². The molecule has 1 aromatic carbocycles. The second-order valence-electron chi connectivity index (χ2n) is 7.85. The van der Waals surface area contributed by atoms with E-state index in [-0.39, 0.29) is 24.3 Å². The lowest BCUT2D eigenvalue weighted by Crippen LogP contribution is -2.57. The van der Waals surface area contributed by atoms with Crippen LogP contribution in [0.3, 0.4) is 0 Å². The number of aromatic nitrogens is 2. The van der Waals surface area contributed by atoms with Crippen molar-refractivity contribution in [1.82, 2.24) is 24.7 Å². The Labute approximate surface area is 191 Å². The average Bonchev–Trinajstić information content (AvgIpc) is 3.01. The second kappa shape index (κ2) is 10.2. The van der Waals surface area contributed by atoms with Gasteiger partial charge in [0.2, 0.25) is 0 Å². The van der Waals surface area contributed by atoms with Gasteiger partial charge in [-0.2, -0.15) is 0 Å². The third-order valence-corrected chi connectivity index (χ3v) is 6.03. The number of rotatable bonds is 4. The molecule has 1 spiro atoms. The van der Waals surface area contributed by atoms with Crippen molar-refractivity contribution in [2.75, 3.05) is 19.6 Å². The number of piperidine rings is 1. The minimum Gasteiger partial charge on any atom is -0.483 e. The van der Waals surface area contributed by atoms with E-state index in [1.165, 1.54) is 17.3 Å². The van der Waals surface area contributed by atoms with Gasteiger partial charge < -0.3 is 14.9 Å². The van der Waals surface area contributed by atoms with Gasteiger partial charge in [0.05, 0.1) is 5.56 Å². The Morgan fingerprint density at radius 3 is 2.24 bits per heavy atom. The molecule has 1 N–H and O–H groups in total. The predicted molar refractivity (Wildman–Crippen MR) is 118 cm³/mol. The van der Waals surface area contributed by atoms with Gasteiger partial charge in [0.15, 0.2) is 0 Å². The van der Waals surface area contributed by atoms with Crippen LogP contribution in [0.15, 0.2) is 42.7 Å². The molecule has 0 unspecified atom stereocenters. The van der Waals surface area contributed by atoms with Gasteiger partial charge in [0.25, 0.3) is 18.3 Å². The Bertz CT molecular complexity index is 1000. The lowest BCUT2D eigenvalue weighted by molar-refractivity contribution is -0.135. The van der Waals surface area contributed by atoms with Crippen LogP contribution in [-0.4, -0.2) is 79.3 Å². The topological polar surface area (TPSA) is 124 Å². The van der Waals surface area contributed by atoms with E-state index in [4.69, 9.17) is 9.90 Å². The van der Waals surface area contributed by atoms with Crippen LogP contribution in [0.5, 0.6) is 0 Å². The summed E-state index contributed by atoms with van der Waals surface area (Å²) in [7, 11) is 0. The highest BCUT2D eigenvalue weighted by molar-refractivity contribution is 6.07. The van der Waals surface area contributed by atoms with Crippen molar-refractivity contribution in [1.29, 1.82) is 0 Å². The quantitative estimate of drug-likeness (QED) is 0.554. The number of amides is 4. The summed E-state index contributed by atoms with van der Waals surface area (Å²) in [4.78, 5) is 60.4. The lowest BCUT2D eigenvalue weighted by Gasteiger charge is -2.42. The van der Waals surface area contributed by atoms with Crippen LogP contribution in [0.1, 0.15) is 41.5 Å². The number of carbonyl (C=O) groups is 4. The second-order valence-corrected chi connectivity index (χ2v) is 7.85. The van der Waals surface area contributed by atoms with E-state index in [1.54, 1.807) is 16.7 Å². The highest BCUT2D eigenvalue weighted by Crippen LogP contribution is 2.38. The Kier molecular flexibility index (Phi) is 7.37. The molecule has 0 radical (unpaired) electrons. The number of imide groups is 1. The van der Waals surface area contributed by atoms with E-state index in [0.717, 1.165) is 5.56 Å². The van der Waals surface area contributed by atoms with Crippen LogP contribution in [0.4, 0.5) is 4.79 Å². The normalized spacial score (nSPS) is 17.1. The third kappa shape index (κ3) is 4.69. The van der Waals surface area contributed by atoms with Gasteiger partial charge in [0.1, 0.15) is 11.4 Å². The molecule has 2 aliphatic heterocycles. The molecule has 4 rings (SSSR count). The van der Waals surface area contributed by atoms with Gasteiger partial charge in [-0.15, -0.1) is 0 Å². The molecule has 10 nitrogen and oxygen atoms in total. The zero-order valence-corrected chi connectivity index (χ0v) is 18.7. The number of likely N-dealkylation sites (tertiary alicyclic amines) is 1. The van der Waals surface area contributed by atoms with Crippen LogP contribution < -0.4 is 0 Å². The summed E-state index contributed by atoms with van der Waals surface area (Å²) in [6, 6.07) is 9.43. The number of carbonyl (C=O) groups excluding carboxylic acids is 3. The van der Waals surface area contributed by atoms with E-state index >= 15 is 0 Å². The van der Waals surface area contributed by atoms with Crippen molar-refractivity contribution < 1.29 is 24.3 Å². The summed E-state index contributed by atoms with van der Waals surface area (Å²) in [5.41, 5.74) is 0.511. The summed E-state index contributed by atoms with van der Waals surface area (Å²) in [6.45, 7) is 4.84. The molecule has 4 amide bonds. The van der Waals surface area contributed by atoms with Gasteiger partial charge in [-0.05, 0) is 32.3 Å². The summed E-state index contributed by atoms with van der Waals surface area (Å²) in [5, 5.41) is 6.89. The Morgan fingerprint density at radius 1 is 1.12 bits per heavy atom. The number of aryl methyl sites for hydroxylation is 1. The highest BCUT2D eigenvalue weighted by Gasteiger charge is 2.57. The Hall–Kier alpha value is -3.82. The molecule has 33 heavy (non-hydrogen) atoms. The maximum Gasteiger partial charge on any atom is 0.327 e. The van der Waals surface area contributed by atoms with Crippen molar-refractivity contribution in [3.8, 4) is 0 Å². The molecule has 174 valence electrons. The fourth-order valence-corrected chi connectivity index (χ4v) is 4.30. The molecule has 2 saturated heterocycles. The molecule has 0 bridgehead atoms. The van der Waals surface area contributed by atoms with Crippen molar-refractivity contribution in [2.45, 2.75) is 38.8 Å². The number of likely N-dealkylation sites (N-methyl/N-ethyl adjacent to an activating group) is 1. The van der Waals surface area contributed by atoms with Crippen molar-refractivity contribution in [2.24, 2.45) is 0 Å². The van der Waals surface area contributed by atoms with E-state index in [9.17, 15) is 14.4 Å². The highest BCUT2D eigenvalue weighted by atomic mass is 16.3. The summed E-state index contributed by atoms with van der Waals surface area (Å²) >= 11 is 0. The van der Waals surface area contributed by atoms with E-state index in [1.807, 2.05) is 37.3 Å². The fraction of sp³-hybridized carbons (Fsp3) is 0.391. The lowest BCUT2D eigenvalue weighted by atomic mass is 9.85. The molecule has 1 aromatic heterocycles. The van der Waals surface area contributed by atoms with Crippen molar-refractivity contribution >= 4 is 24.3 Å². The fourth-order valence-electron chi connectivity index (χ4n) is 4.30. The van der Waals surface area contributed by atoms with E-state index < -0.39 is 5.54 Å². The minimum absolute atomic E-state index is 0.149. The first kappa shape index (κ1) is 23.8. The van der Waals surface area contributed by atoms with Crippen LogP contribution in [0, 0.1) is 6.92 Å². The first-order valence-electron chi connectivity index (χ1n) is 10.7. The maximum atomic E-state index is 13.2. The molecule has 0 atom stereocenters. The van der Waals surface area contributed by atoms with Crippen LogP contribution >= 0.6 is 0 Å². The first-order valence-corrected chi connectivity index (χ1v) is 10.7. The summed E-state index contributed by atoms with van der Waals surface area (Å²) < 4.78 is 0. The molecule has 10 heteroatoms. The first-order chi connectivity index (χ1) is 15.9. The average molecular weight is 453 g/mol. The summed E-state index contributed by atoms with van der Waals surface area (Å²) in [6.07, 6.45) is 3.89. The van der Waals surface area contributed by atoms with Gasteiger partial charge in [0, 0.05) is 38.6 Å². The molecular formula is C23H27N5O5. The minimum atomic E-state index is -0.899. The Morgan fingerprint density at radius 2 is 1.70 bits per heavy atom. The largest absolute Gasteiger partial charge is 0.483 e. The molecule has 0 aliphatic carbocycles. The number of urea groups is 1. The number of hydrogen-bond donors (Lipinski definition) is 1. The van der Waals surface area contributed by atoms with E-state index in [0.29, 0.717) is 50.4 Å². The predicted octanol–water partition coefficient (Wildman–Crippen LogP) is 1.94.